The molecule has 3 aliphatic rings. The van der Waals surface area contributed by atoms with Gasteiger partial charge in [-0.1, -0.05) is 0 Å². The number of nitrogens with one attached hydrogen (secondary N) is 1. The number of nitrogens with zero attached hydrogens (tertiary/aromatic N) is 1. The van der Waals surface area contributed by atoms with E-state index in [-0.39, 0.29) is 24.1 Å². The topological polar surface area (TPSA) is 75.7 Å². The Kier molecular flexibility index (Phi) is 3.45. The van der Waals surface area contributed by atoms with Crippen molar-refractivity contribution in [3.8, 4) is 0 Å². The van der Waals surface area contributed by atoms with E-state index >= 15 is 0 Å². The first kappa shape index (κ1) is 14.4. The average molecular weight is 332 g/mol. The number of imide groups is 1. The zero-order valence-electron chi connectivity index (χ0n) is 12.5. The van der Waals surface area contributed by atoms with Crippen molar-refractivity contribution in [2.24, 2.45) is 0 Å². The molecule has 0 saturated carbocycles. The van der Waals surface area contributed by atoms with Gasteiger partial charge in [0.1, 0.15) is 11.8 Å². The van der Waals surface area contributed by atoms with Gasteiger partial charge in [-0.05, 0) is 37.0 Å². The Hall–Kier alpha value is -2.15. The van der Waals surface area contributed by atoms with Gasteiger partial charge in [0, 0.05) is 13.0 Å². The first-order chi connectivity index (χ1) is 11.1. The summed E-state index contributed by atoms with van der Waals surface area (Å²) in [5.41, 5.74) is 0.940. The van der Waals surface area contributed by atoms with Crippen LogP contribution in [0, 0.1) is 0 Å². The van der Waals surface area contributed by atoms with Crippen LogP contribution < -0.4 is 5.32 Å². The summed E-state index contributed by atoms with van der Waals surface area (Å²) in [6.07, 6.45) is 4.75. The summed E-state index contributed by atoms with van der Waals surface area (Å²) in [5, 5.41) is 2.31. The Morgan fingerprint density at radius 2 is 2.17 bits per heavy atom. The highest BCUT2D eigenvalue weighted by Gasteiger charge is 2.40. The number of piperidine rings is 1. The van der Waals surface area contributed by atoms with Crippen LogP contribution in [-0.2, 0) is 20.9 Å². The van der Waals surface area contributed by atoms with Crippen LogP contribution in [0.1, 0.15) is 45.8 Å². The number of amides is 3. The second kappa shape index (κ2) is 5.49. The zero-order chi connectivity index (χ0) is 16.0. The van der Waals surface area contributed by atoms with Crippen LogP contribution in [0.3, 0.4) is 0 Å². The van der Waals surface area contributed by atoms with E-state index in [1.807, 2.05) is 6.07 Å². The number of hydrogen-bond donors (Lipinski definition) is 1. The molecule has 0 spiro atoms. The van der Waals surface area contributed by atoms with Crippen molar-refractivity contribution < 1.29 is 19.1 Å². The summed E-state index contributed by atoms with van der Waals surface area (Å²) >= 11 is 1.42. The molecule has 4 heterocycles. The number of ether oxygens (including phenoxy) is 1. The lowest BCUT2D eigenvalue weighted by Gasteiger charge is -2.29. The molecule has 3 amide bonds. The van der Waals surface area contributed by atoms with E-state index in [1.54, 1.807) is 4.90 Å². The summed E-state index contributed by atoms with van der Waals surface area (Å²) < 4.78 is 5.65. The molecular weight excluding hydrogens is 316 g/mol. The smallest absolute Gasteiger partial charge is 0.265 e. The Balaban J connectivity index is 1.55. The Morgan fingerprint density at radius 3 is 2.87 bits per heavy atom. The van der Waals surface area contributed by atoms with Gasteiger partial charge < -0.3 is 9.64 Å². The van der Waals surface area contributed by atoms with Gasteiger partial charge in [0.05, 0.1) is 16.4 Å². The van der Waals surface area contributed by atoms with E-state index in [0.29, 0.717) is 24.4 Å². The van der Waals surface area contributed by atoms with Gasteiger partial charge in [-0.3, -0.25) is 19.7 Å². The van der Waals surface area contributed by atoms with Crippen molar-refractivity contribution in [1.29, 1.82) is 0 Å². The van der Waals surface area contributed by atoms with Crippen LogP contribution in [0.25, 0.3) is 5.76 Å². The molecule has 6 nitrogen and oxygen atoms in total. The van der Waals surface area contributed by atoms with E-state index < -0.39 is 6.04 Å². The third kappa shape index (κ3) is 2.45. The second-order valence-corrected chi connectivity index (χ2v) is 6.98. The maximum atomic E-state index is 12.6. The number of hydrogen-bond acceptors (Lipinski definition) is 5. The van der Waals surface area contributed by atoms with Crippen LogP contribution in [0.4, 0.5) is 0 Å². The highest BCUT2D eigenvalue weighted by molar-refractivity contribution is 7.15. The van der Waals surface area contributed by atoms with Crippen LogP contribution in [-0.4, -0.2) is 35.3 Å². The first-order valence-electron chi connectivity index (χ1n) is 7.74. The highest BCUT2D eigenvalue weighted by atomic mass is 32.1. The molecule has 0 aromatic carbocycles. The standard InChI is InChI=1S/C16H16N2O4S/c19-13-5-4-10(15(20)17-13)18-8-9-7-12(23-14(9)16(18)21)11-3-1-2-6-22-11/h3,7,10H,1-2,4-6,8H2,(H,17,19,20). The predicted molar refractivity (Wildman–Crippen MR) is 83.5 cm³/mol. The summed E-state index contributed by atoms with van der Waals surface area (Å²) in [5.74, 6) is 0.0952. The largest absolute Gasteiger partial charge is 0.492 e. The lowest BCUT2D eigenvalue weighted by Crippen LogP contribution is -2.52. The number of fused-ring (bicyclic) bond motifs is 1. The Bertz CT molecular complexity index is 736. The van der Waals surface area contributed by atoms with Gasteiger partial charge in [-0.2, -0.15) is 0 Å². The lowest BCUT2D eigenvalue weighted by atomic mass is 10.0. The molecule has 1 aromatic heterocycles. The molecule has 0 radical (unpaired) electrons. The van der Waals surface area contributed by atoms with Crippen LogP contribution >= 0.6 is 11.3 Å². The van der Waals surface area contributed by atoms with E-state index in [9.17, 15) is 14.4 Å². The summed E-state index contributed by atoms with van der Waals surface area (Å²) in [4.78, 5) is 39.1. The van der Waals surface area contributed by atoms with Crippen molar-refractivity contribution in [1.82, 2.24) is 10.2 Å². The van der Waals surface area contributed by atoms with E-state index in [1.165, 1.54) is 11.3 Å². The summed E-state index contributed by atoms with van der Waals surface area (Å²) in [6, 6.07) is 1.44. The van der Waals surface area contributed by atoms with Crippen LogP contribution in [0.2, 0.25) is 0 Å². The summed E-state index contributed by atoms with van der Waals surface area (Å²) in [7, 11) is 0. The number of allylic oxidation sites excluding steroid dienone is 1. The van der Waals surface area contributed by atoms with Crippen LogP contribution in [0.15, 0.2) is 12.1 Å². The molecule has 4 rings (SSSR count). The Morgan fingerprint density at radius 1 is 1.30 bits per heavy atom. The number of carbonyl (C=O) groups is 3. The lowest BCUT2D eigenvalue weighted by molar-refractivity contribution is -0.136. The molecule has 120 valence electrons. The molecule has 3 aliphatic heterocycles. The maximum absolute atomic E-state index is 12.6. The Labute approximate surface area is 137 Å². The molecule has 1 aromatic rings. The van der Waals surface area contributed by atoms with E-state index in [0.717, 1.165) is 29.0 Å². The average Bonchev–Trinajstić information content (AvgIpc) is 3.09. The first-order valence-corrected chi connectivity index (χ1v) is 8.56. The van der Waals surface area contributed by atoms with Crippen LogP contribution in [0.5, 0.6) is 0 Å². The van der Waals surface area contributed by atoms with E-state index in [2.05, 4.69) is 11.4 Å². The minimum Gasteiger partial charge on any atom is -0.492 e. The number of rotatable bonds is 2. The SMILES string of the molecule is O=C1CCC(N2Cc3cc(C4=CCCCO4)sc3C2=O)C(=O)N1. The molecule has 1 unspecified atom stereocenters. The van der Waals surface area contributed by atoms with Crippen molar-refractivity contribution in [3.63, 3.8) is 0 Å². The van der Waals surface area contributed by atoms with Crippen molar-refractivity contribution in [2.45, 2.75) is 38.3 Å². The normalized spacial score (nSPS) is 24.2. The van der Waals surface area contributed by atoms with Gasteiger partial charge in [0.2, 0.25) is 11.8 Å². The maximum Gasteiger partial charge on any atom is 0.265 e. The van der Waals surface area contributed by atoms with Gasteiger partial charge in [-0.25, -0.2) is 0 Å². The van der Waals surface area contributed by atoms with Crippen molar-refractivity contribution >= 4 is 34.8 Å². The molecule has 7 heteroatoms. The molecular formula is C16H16N2O4S. The minimum absolute atomic E-state index is 0.123. The van der Waals surface area contributed by atoms with Gasteiger partial charge >= 0.3 is 0 Å². The van der Waals surface area contributed by atoms with E-state index in [4.69, 9.17) is 4.74 Å². The predicted octanol–water partition coefficient (Wildman–Crippen LogP) is 1.66. The molecule has 1 saturated heterocycles. The van der Waals surface area contributed by atoms with Gasteiger partial charge in [0.15, 0.2) is 0 Å². The fourth-order valence-electron chi connectivity index (χ4n) is 3.19. The molecule has 1 fully saturated rings. The second-order valence-electron chi connectivity index (χ2n) is 5.92. The highest BCUT2D eigenvalue weighted by Crippen LogP contribution is 2.37. The number of thiophene rings is 1. The van der Waals surface area contributed by atoms with Crippen molar-refractivity contribution in [3.05, 3.63) is 27.5 Å². The molecule has 0 bridgehead atoms. The van der Waals surface area contributed by atoms with Crippen molar-refractivity contribution in [2.75, 3.05) is 6.61 Å². The fourth-order valence-corrected chi connectivity index (χ4v) is 4.32. The van der Waals surface area contributed by atoms with Gasteiger partial charge in [0.25, 0.3) is 5.91 Å². The molecule has 23 heavy (non-hydrogen) atoms. The zero-order valence-corrected chi connectivity index (χ0v) is 13.3. The summed E-state index contributed by atoms with van der Waals surface area (Å²) in [6.45, 7) is 1.13. The minimum atomic E-state index is -0.548. The van der Waals surface area contributed by atoms with Gasteiger partial charge in [-0.15, -0.1) is 11.3 Å². The fraction of sp³-hybridized carbons (Fsp3) is 0.438. The molecule has 1 N–H and O–H groups in total. The molecule has 1 atom stereocenters. The third-order valence-electron chi connectivity index (χ3n) is 4.37. The number of carbonyl (C=O) groups excluding carboxylic acids is 3. The monoisotopic (exact) mass is 332 g/mol. The third-order valence-corrected chi connectivity index (χ3v) is 5.55. The molecule has 0 aliphatic carbocycles. The quantitative estimate of drug-likeness (QED) is 0.836.